The fraction of sp³-hybridized carbons (Fsp3) is 0.556. The van der Waals surface area contributed by atoms with Gasteiger partial charge in [-0.15, -0.1) is 12.4 Å². The molecule has 2 aliphatic rings. The smallest absolute Gasteiger partial charge is 0.256 e. The Morgan fingerprint density at radius 2 is 1.76 bits per heavy atom. The summed E-state index contributed by atoms with van der Waals surface area (Å²) in [6.07, 6.45) is 3.24. The highest BCUT2D eigenvalue weighted by Crippen LogP contribution is 2.27. The van der Waals surface area contributed by atoms with E-state index in [1.165, 1.54) is 25.0 Å². The fourth-order valence-corrected chi connectivity index (χ4v) is 2.99. The Balaban J connectivity index is 0.00000225. The average molecular weight is 370 g/mol. The van der Waals surface area contributed by atoms with Crippen LogP contribution in [-0.2, 0) is 4.79 Å². The van der Waals surface area contributed by atoms with E-state index in [0.29, 0.717) is 39.1 Å². The summed E-state index contributed by atoms with van der Waals surface area (Å²) >= 11 is 0. The number of carbonyl (C=O) groups excluding carboxylic acids is 2. The van der Waals surface area contributed by atoms with E-state index in [1.807, 2.05) is 0 Å². The van der Waals surface area contributed by atoms with Crippen LogP contribution in [0.5, 0.6) is 0 Å². The quantitative estimate of drug-likeness (QED) is 0.862. The summed E-state index contributed by atoms with van der Waals surface area (Å²) in [5.41, 5.74) is 0.100. The minimum atomic E-state index is -0.496. The van der Waals surface area contributed by atoms with Gasteiger partial charge in [-0.05, 0) is 43.9 Å². The Morgan fingerprint density at radius 3 is 2.48 bits per heavy atom. The first-order valence-corrected chi connectivity index (χ1v) is 8.67. The number of carbonyl (C=O) groups is 2. The van der Waals surface area contributed by atoms with Gasteiger partial charge in [-0.2, -0.15) is 0 Å². The minimum absolute atomic E-state index is 0. The van der Waals surface area contributed by atoms with E-state index in [2.05, 4.69) is 5.32 Å². The van der Waals surface area contributed by atoms with Crippen molar-refractivity contribution in [1.29, 1.82) is 0 Å². The fourth-order valence-electron chi connectivity index (χ4n) is 2.99. The Hall–Kier alpha value is -1.66. The van der Waals surface area contributed by atoms with Crippen molar-refractivity contribution in [2.75, 3.05) is 39.3 Å². The van der Waals surface area contributed by atoms with Crippen molar-refractivity contribution < 1.29 is 14.0 Å². The van der Waals surface area contributed by atoms with Gasteiger partial charge in [0.05, 0.1) is 12.1 Å². The van der Waals surface area contributed by atoms with Crippen LogP contribution in [0.1, 0.15) is 29.6 Å². The first kappa shape index (κ1) is 19.7. The molecule has 5 nitrogen and oxygen atoms in total. The largest absolute Gasteiger partial charge is 0.340 e. The van der Waals surface area contributed by atoms with Crippen LogP contribution in [0.15, 0.2) is 24.3 Å². The molecule has 1 aromatic rings. The lowest BCUT2D eigenvalue weighted by atomic mass is 10.2. The number of halogens is 2. The lowest BCUT2D eigenvalue weighted by Gasteiger charge is -2.22. The highest BCUT2D eigenvalue weighted by atomic mass is 35.5. The zero-order valence-corrected chi connectivity index (χ0v) is 15.1. The predicted octanol–water partition coefficient (Wildman–Crippen LogP) is 1.92. The van der Waals surface area contributed by atoms with Crippen molar-refractivity contribution in [1.82, 2.24) is 15.1 Å². The third kappa shape index (κ3) is 5.41. The van der Waals surface area contributed by atoms with Gasteiger partial charge in [0.15, 0.2) is 0 Å². The molecule has 2 amide bonds. The molecule has 1 aliphatic heterocycles. The van der Waals surface area contributed by atoms with Gasteiger partial charge >= 0.3 is 0 Å². The summed E-state index contributed by atoms with van der Waals surface area (Å²) in [6.45, 7) is 3.42. The summed E-state index contributed by atoms with van der Waals surface area (Å²) in [4.78, 5) is 28.2. The van der Waals surface area contributed by atoms with E-state index in [1.54, 1.807) is 21.9 Å². The van der Waals surface area contributed by atoms with Crippen molar-refractivity contribution in [2.24, 2.45) is 5.92 Å². The lowest BCUT2D eigenvalue weighted by Crippen LogP contribution is -2.41. The lowest BCUT2D eigenvalue weighted by molar-refractivity contribution is -0.130. The molecular weight excluding hydrogens is 345 g/mol. The molecule has 0 radical (unpaired) electrons. The molecule has 0 unspecified atom stereocenters. The van der Waals surface area contributed by atoms with Crippen LogP contribution in [0.4, 0.5) is 4.39 Å². The molecule has 1 heterocycles. The Morgan fingerprint density at radius 1 is 1.08 bits per heavy atom. The molecule has 1 aromatic carbocycles. The van der Waals surface area contributed by atoms with Gasteiger partial charge in [-0.25, -0.2) is 4.39 Å². The van der Waals surface area contributed by atoms with Gasteiger partial charge in [0.2, 0.25) is 5.91 Å². The molecule has 1 N–H and O–H groups in total. The molecule has 0 aromatic heterocycles. The molecule has 7 heteroatoms. The van der Waals surface area contributed by atoms with E-state index >= 15 is 0 Å². The summed E-state index contributed by atoms with van der Waals surface area (Å²) in [5.74, 6) is 0.0323. The highest BCUT2D eigenvalue weighted by Gasteiger charge is 2.25. The number of rotatable bonds is 5. The Labute approximate surface area is 154 Å². The maximum Gasteiger partial charge on any atom is 0.256 e. The van der Waals surface area contributed by atoms with Crippen molar-refractivity contribution in [3.8, 4) is 0 Å². The second-order valence-electron chi connectivity index (χ2n) is 6.58. The molecular formula is C18H25ClFN3O2. The van der Waals surface area contributed by atoms with Crippen molar-refractivity contribution in [2.45, 2.75) is 19.3 Å². The second kappa shape index (κ2) is 9.15. The van der Waals surface area contributed by atoms with Crippen LogP contribution < -0.4 is 5.32 Å². The van der Waals surface area contributed by atoms with Gasteiger partial charge in [-0.1, -0.05) is 12.1 Å². The molecule has 0 bridgehead atoms. The van der Waals surface area contributed by atoms with Crippen LogP contribution in [0.2, 0.25) is 0 Å². The number of nitrogens with one attached hydrogen (secondary N) is 1. The van der Waals surface area contributed by atoms with Crippen LogP contribution in [-0.4, -0.2) is 60.9 Å². The molecule has 138 valence electrons. The zero-order chi connectivity index (χ0) is 16.9. The third-order valence-electron chi connectivity index (χ3n) is 4.65. The summed E-state index contributed by atoms with van der Waals surface area (Å²) < 4.78 is 13.8. The number of hydrogen-bond donors (Lipinski definition) is 1. The summed E-state index contributed by atoms with van der Waals surface area (Å²) in [7, 11) is 0. The molecule has 1 saturated carbocycles. The molecule has 0 spiro atoms. The second-order valence-corrected chi connectivity index (χ2v) is 6.58. The van der Waals surface area contributed by atoms with Crippen LogP contribution in [0.25, 0.3) is 0 Å². The average Bonchev–Trinajstić information content (AvgIpc) is 3.41. The third-order valence-corrected chi connectivity index (χ3v) is 4.65. The molecule has 2 fully saturated rings. The Kier molecular flexibility index (Phi) is 7.20. The standard InChI is InChI=1S/C18H24FN3O2.ClH/c19-16-5-2-1-4-15(16)18(24)22-9-3-8-21(10-11-22)17(23)13-20-12-14-6-7-14;/h1-2,4-5,14,20H,3,6-13H2;1H. The SMILES string of the molecule is Cl.O=C(CNCC1CC1)N1CCCN(C(=O)c2ccccc2F)CC1. The van der Waals surface area contributed by atoms with E-state index in [-0.39, 0.29) is 29.8 Å². The normalized spacial score (nSPS) is 17.6. The van der Waals surface area contributed by atoms with Gasteiger partial charge in [0, 0.05) is 26.2 Å². The highest BCUT2D eigenvalue weighted by molar-refractivity contribution is 5.94. The van der Waals surface area contributed by atoms with Crippen LogP contribution in [0.3, 0.4) is 0 Å². The monoisotopic (exact) mass is 369 g/mol. The minimum Gasteiger partial charge on any atom is -0.340 e. The molecule has 25 heavy (non-hydrogen) atoms. The zero-order valence-electron chi connectivity index (χ0n) is 14.2. The number of hydrogen-bond acceptors (Lipinski definition) is 3. The molecule has 1 aliphatic carbocycles. The molecule has 1 saturated heterocycles. The number of amides is 2. The van der Waals surface area contributed by atoms with Gasteiger partial charge < -0.3 is 15.1 Å². The first-order valence-electron chi connectivity index (χ1n) is 8.67. The van der Waals surface area contributed by atoms with Crippen LogP contribution in [0, 0.1) is 11.7 Å². The van der Waals surface area contributed by atoms with Gasteiger partial charge in [-0.3, -0.25) is 9.59 Å². The summed E-state index contributed by atoms with van der Waals surface area (Å²) in [5, 5.41) is 3.21. The van der Waals surface area contributed by atoms with Crippen molar-refractivity contribution in [3.05, 3.63) is 35.6 Å². The molecule has 0 atom stereocenters. The van der Waals surface area contributed by atoms with Crippen molar-refractivity contribution in [3.63, 3.8) is 0 Å². The topological polar surface area (TPSA) is 52.7 Å². The Bertz CT molecular complexity index is 610. The van der Waals surface area contributed by atoms with E-state index in [9.17, 15) is 14.0 Å². The van der Waals surface area contributed by atoms with Gasteiger partial charge in [0.25, 0.3) is 5.91 Å². The van der Waals surface area contributed by atoms with Crippen molar-refractivity contribution >= 4 is 24.2 Å². The number of benzene rings is 1. The number of nitrogens with zero attached hydrogens (tertiary/aromatic N) is 2. The van der Waals surface area contributed by atoms with Crippen LogP contribution >= 0.6 is 12.4 Å². The van der Waals surface area contributed by atoms with Gasteiger partial charge in [0.1, 0.15) is 5.82 Å². The predicted molar refractivity (Wildman–Crippen MR) is 96.3 cm³/mol. The summed E-state index contributed by atoms with van der Waals surface area (Å²) in [6, 6.07) is 6.04. The maximum atomic E-state index is 13.8. The van der Waals surface area contributed by atoms with E-state index in [0.717, 1.165) is 12.5 Å². The molecule has 3 rings (SSSR count). The maximum absolute atomic E-state index is 13.8. The van der Waals surface area contributed by atoms with E-state index in [4.69, 9.17) is 0 Å². The first-order chi connectivity index (χ1) is 11.6. The van der Waals surface area contributed by atoms with E-state index < -0.39 is 5.82 Å².